The third kappa shape index (κ3) is 10.4. The lowest BCUT2D eigenvalue weighted by Crippen LogP contribution is -2.61. The van der Waals surface area contributed by atoms with E-state index in [1.54, 1.807) is 12.2 Å². The number of carbonyl (C=O) groups excluding carboxylic acids is 3. The molecule has 4 aromatic rings. The summed E-state index contributed by atoms with van der Waals surface area (Å²) < 4.78 is 43.0. The molecule has 12 nitrogen and oxygen atoms in total. The van der Waals surface area contributed by atoms with Gasteiger partial charge in [0, 0.05) is 7.11 Å². The van der Waals surface area contributed by atoms with Crippen LogP contribution in [0.25, 0.3) is 0 Å². The Labute approximate surface area is 343 Å². The highest BCUT2D eigenvalue weighted by Gasteiger charge is 2.49. The Hall–Kier alpha value is -5.47. The van der Waals surface area contributed by atoms with Crippen molar-refractivity contribution in [2.75, 3.05) is 26.9 Å². The largest absolute Gasteiger partial charge is 0.482 e. The van der Waals surface area contributed by atoms with Gasteiger partial charge in [-0.25, -0.2) is 9.69 Å². The molecule has 8 atom stereocenters. The number of ether oxygens (including phenoxy) is 7. The van der Waals surface area contributed by atoms with E-state index >= 15 is 0 Å². The molecule has 0 aromatic heterocycles. The molecule has 4 aromatic carbocycles. The lowest BCUT2D eigenvalue weighted by molar-refractivity contribution is -0.319. The maximum atomic E-state index is 14.4. The fourth-order valence-electron chi connectivity index (χ4n) is 7.58. The van der Waals surface area contributed by atoms with E-state index in [0.29, 0.717) is 12.2 Å². The van der Waals surface area contributed by atoms with Crippen molar-refractivity contribution in [3.05, 3.63) is 168 Å². The molecule has 3 aliphatic heterocycles. The van der Waals surface area contributed by atoms with Gasteiger partial charge in [0.15, 0.2) is 18.2 Å². The van der Waals surface area contributed by atoms with E-state index in [1.807, 2.05) is 121 Å². The van der Waals surface area contributed by atoms with E-state index < -0.39 is 66.6 Å². The van der Waals surface area contributed by atoms with Crippen LogP contribution in [0.15, 0.2) is 145 Å². The fourth-order valence-corrected chi connectivity index (χ4v) is 7.58. The molecule has 0 aliphatic carbocycles. The van der Waals surface area contributed by atoms with Gasteiger partial charge >= 0.3 is 6.09 Å². The van der Waals surface area contributed by atoms with Crippen LogP contribution in [0, 0.1) is 5.92 Å². The second-order valence-electron chi connectivity index (χ2n) is 14.5. The zero-order chi connectivity index (χ0) is 41.0. The second kappa shape index (κ2) is 20.5. The normalized spacial score (nSPS) is 25.4. The predicted molar refractivity (Wildman–Crippen MR) is 215 cm³/mol. The molecule has 0 saturated carbocycles. The quantitative estimate of drug-likeness (QED) is 0.121. The van der Waals surface area contributed by atoms with Gasteiger partial charge in [-0.05, 0) is 53.3 Å². The van der Waals surface area contributed by atoms with Crippen molar-refractivity contribution < 1.29 is 52.6 Å². The minimum Gasteiger partial charge on any atom is -0.482 e. The third-order valence-electron chi connectivity index (χ3n) is 10.6. The van der Waals surface area contributed by atoms with Crippen molar-refractivity contribution >= 4 is 17.8 Å². The number of hydrogen-bond donors (Lipinski definition) is 1. The summed E-state index contributed by atoms with van der Waals surface area (Å²) in [5, 5.41) is 10.4. The number of aliphatic hydroxyl groups is 1. The monoisotopic (exact) mass is 803 g/mol. The molecule has 12 heteroatoms. The Kier molecular flexibility index (Phi) is 14.5. The highest BCUT2D eigenvalue weighted by atomic mass is 16.7. The van der Waals surface area contributed by atoms with Gasteiger partial charge in [-0.1, -0.05) is 121 Å². The van der Waals surface area contributed by atoms with Gasteiger partial charge in [-0.15, -0.1) is 0 Å². The van der Waals surface area contributed by atoms with Gasteiger partial charge in [0.25, 0.3) is 0 Å². The van der Waals surface area contributed by atoms with Crippen LogP contribution < -0.4 is 0 Å². The molecule has 0 spiro atoms. The van der Waals surface area contributed by atoms with Gasteiger partial charge < -0.3 is 38.3 Å². The number of aliphatic hydroxyl groups excluding tert-OH is 1. The highest BCUT2D eigenvalue weighted by Crippen LogP contribution is 2.34. The molecule has 2 saturated heterocycles. The summed E-state index contributed by atoms with van der Waals surface area (Å²) in [6.07, 6.45) is -0.534. The minimum atomic E-state index is -1.21. The summed E-state index contributed by atoms with van der Waals surface area (Å²) in [5.41, 5.74) is 3.45. The highest BCUT2D eigenvalue weighted by molar-refractivity contribution is 6.02. The summed E-state index contributed by atoms with van der Waals surface area (Å²) in [5.74, 6) is -1.62. The van der Waals surface area contributed by atoms with E-state index in [9.17, 15) is 19.5 Å². The van der Waals surface area contributed by atoms with Crippen LogP contribution in [-0.2, 0) is 62.4 Å². The second-order valence-corrected chi connectivity index (χ2v) is 14.5. The number of cyclic esters (lactones) is 1. The zero-order valence-electron chi connectivity index (χ0n) is 32.8. The molecule has 2 fully saturated rings. The Morgan fingerprint density at radius 3 is 1.98 bits per heavy atom. The first-order valence-electron chi connectivity index (χ1n) is 19.8. The number of carbonyl (C=O) groups is 3. The molecular weight excluding hydrogens is 755 g/mol. The summed E-state index contributed by atoms with van der Waals surface area (Å²) in [6, 6.07) is 37.3. The Morgan fingerprint density at radius 2 is 1.37 bits per heavy atom. The molecule has 1 N–H and O–H groups in total. The molecule has 7 rings (SSSR count). The van der Waals surface area contributed by atoms with E-state index in [-0.39, 0.29) is 39.5 Å². The summed E-state index contributed by atoms with van der Waals surface area (Å²) >= 11 is 0. The fraction of sp³-hybridized carbons (Fsp3) is 0.340. The molecule has 3 heterocycles. The number of methoxy groups -OCH3 is 1. The van der Waals surface area contributed by atoms with Crippen LogP contribution in [0.1, 0.15) is 34.7 Å². The van der Waals surface area contributed by atoms with Crippen LogP contribution in [0.3, 0.4) is 0 Å². The lowest BCUT2D eigenvalue weighted by atomic mass is 9.88. The summed E-state index contributed by atoms with van der Waals surface area (Å²) in [7, 11) is 1.51. The number of allylic oxidation sites excluding steroid dienone is 1. The van der Waals surface area contributed by atoms with Crippen molar-refractivity contribution in [2.24, 2.45) is 5.92 Å². The Balaban J connectivity index is 1.07. The standard InChI is InChI=1S/C47H49NO11/c1-53-46-44(43(56-30-34-19-10-4-11-20-34)42(40(28-49)59-46)55-29-33-17-8-3-9-18-33)54-26-14-23-36-24-25-39(50)41(58-36)37(27-32-15-6-2-7-16-32)45(51)48-38(31-57-47(48)52)35-21-12-5-13-22-35/h2-13,15-25,37-38,40-44,46,49H,14,26-31H2,1H3/t37-,38+,40-,41-,42-,43+,44+,46+/m1/s1. The van der Waals surface area contributed by atoms with E-state index in [4.69, 9.17) is 33.2 Å². The SMILES string of the molecule is CO[C@H]1O[C@H](CO)[C@@H](OCc2ccccc2)[C@H](OCc2ccccc2)[C@@H]1OCCC=C1C=CC(=O)[C@@H]([C@@H](Cc2ccccc2)C(=O)N2C(=O)OC[C@H]2c2ccccc2)O1. The number of amides is 2. The number of benzene rings is 4. The molecular formula is C47H49NO11. The molecule has 3 aliphatic rings. The molecule has 2 amide bonds. The molecule has 0 bridgehead atoms. The molecule has 0 radical (unpaired) electrons. The summed E-state index contributed by atoms with van der Waals surface area (Å²) in [4.78, 5) is 42.2. The lowest BCUT2D eigenvalue weighted by Gasteiger charge is -2.45. The molecule has 308 valence electrons. The first kappa shape index (κ1) is 41.7. The number of ketones is 1. The van der Waals surface area contributed by atoms with Gasteiger partial charge in [0.05, 0.1) is 32.3 Å². The van der Waals surface area contributed by atoms with E-state index in [1.165, 1.54) is 13.2 Å². The van der Waals surface area contributed by atoms with E-state index in [0.717, 1.165) is 27.2 Å². The van der Waals surface area contributed by atoms with Gasteiger partial charge in [-0.3, -0.25) is 9.59 Å². The first-order valence-corrected chi connectivity index (χ1v) is 19.8. The van der Waals surface area contributed by atoms with Crippen LogP contribution in [-0.4, -0.2) is 91.5 Å². The van der Waals surface area contributed by atoms with Crippen molar-refractivity contribution in [3.8, 4) is 0 Å². The van der Waals surface area contributed by atoms with Gasteiger partial charge in [0.1, 0.15) is 42.8 Å². The molecule has 0 unspecified atom stereocenters. The Morgan fingerprint density at radius 1 is 0.780 bits per heavy atom. The Bertz CT molecular complexity index is 2030. The van der Waals surface area contributed by atoms with Gasteiger partial charge in [-0.2, -0.15) is 0 Å². The van der Waals surface area contributed by atoms with Crippen LogP contribution in [0.5, 0.6) is 0 Å². The van der Waals surface area contributed by atoms with Gasteiger partial charge in [0.2, 0.25) is 5.91 Å². The smallest absolute Gasteiger partial charge is 0.417 e. The number of hydrogen-bond acceptors (Lipinski definition) is 11. The summed E-state index contributed by atoms with van der Waals surface area (Å²) in [6.45, 7) is 0.361. The van der Waals surface area contributed by atoms with Crippen molar-refractivity contribution in [1.82, 2.24) is 4.90 Å². The predicted octanol–water partition coefficient (Wildman–Crippen LogP) is 6.28. The van der Waals surface area contributed by atoms with Crippen LogP contribution in [0.4, 0.5) is 4.79 Å². The van der Waals surface area contributed by atoms with Crippen molar-refractivity contribution in [3.63, 3.8) is 0 Å². The topological polar surface area (TPSA) is 139 Å². The van der Waals surface area contributed by atoms with E-state index in [2.05, 4.69) is 0 Å². The van der Waals surface area contributed by atoms with Crippen molar-refractivity contribution in [1.29, 1.82) is 0 Å². The average Bonchev–Trinajstić information content (AvgIpc) is 3.68. The van der Waals surface area contributed by atoms with Crippen molar-refractivity contribution in [2.45, 2.75) is 68.9 Å². The minimum absolute atomic E-state index is 0.00579. The average molecular weight is 804 g/mol. The maximum Gasteiger partial charge on any atom is 0.417 e. The first-order chi connectivity index (χ1) is 28.9. The third-order valence-corrected chi connectivity index (χ3v) is 10.6. The number of rotatable bonds is 17. The zero-order valence-corrected chi connectivity index (χ0v) is 32.8. The maximum absolute atomic E-state index is 14.4. The number of nitrogens with zero attached hydrogens (tertiary/aromatic N) is 1. The number of imide groups is 1. The van der Waals surface area contributed by atoms with Crippen LogP contribution >= 0.6 is 0 Å². The molecule has 59 heavy (non-hydrogen) atoms. The van der Waals surface area contributed by atoms with Crippen LogP contribution in [0.2, 0.25) is 0 Å².